The average Bonchev–Trinajstić information content (AvgIpc) is 3.51. The molecule has 2 aromatic rings. The van der Waals surface area contributed by atoms with Crippen LogP contribution in [0.3, 0.4) is 0 Å². The second kappa shape index (κ2) is 7.87. The number of nitrogens with zero attached hydrogens (tertiary/aromatic N) is 4. The molecular weight excluding hydrogens is 372 g/mol. The lowest BCUT2D eigenvalue weighted by molar-refractivity contribution is 0.102. The van der Waals surface area contributed by atoms with E-state index in [1.54, 1.807) is 0 Å². The summed E-state index contributed by atoms with van der Waals surface area (Å²) in [5, 5.41) is 9.76. The maximum absolute atomic E-state index is 12.8. The number of thioether (sulfide) groups is 1. The fourth-order valence-corrected chi connectivity index (χ4v) is 5.01. The van der Waals surface area contributed by atoms with E-state index in [1.165, 1.54) is 48.6 Å². The molecule has 0 bridgehead atoms. The van der Waals surface area contributed by atoms with Gasteiger partial charge < -0.3 is 9.64 Å². The zero-order chi connectivity index (χ0) is 18.9. The van der Waals surface area contributed by atoms with Crippen molar-refractivity contribution >= 4 is 23.5 Å². The van der Waals surface area contributed by atoms with Gasteiger partial charge in [0.1, 0.15) is 0 Å². The van der Waals surface area contributed by atoms with E-state index < -0.39 is 0 Å². The number of hydrogen-bond acceptors (Lipinski definition) is 6. The minimum atomic E-state index is 0.177. The van der Waals surface area contributed by atoms with Gasteiger partial charge in [-0.3, -0.25) is 9.36 Å². The molecule has 1 saturated heterocycles. The monoisotopic (exact) mass is 398 g/mol. The Labute approximate surface area is 169 Å². The van der Waals surface area contributed by atoms with Crippen LogP contribution in [0.4, 0.5) is 5.95 Å². The summed E-state index contributed by atoms with van der Waals surface area (Å²) in [5.74, 6) is 1.53. The second-order valence-corrected chi connectivity index (χ2v) is 8.83. The Hall–Kier alpha value is -1.86. The molecule has 1 aromatic carbocycles. The van der Waals surface area contributed by atoms with Crippen molar-refractivity contribution in [3.05, 3.63) is 34.9 Å². The quantitative estimate of drug-likeness (QED) is 0.550. The van der Waals surface area contributed by atoms with Crippen LogP contribution in [0.2, 0.25) is 0 Å². The molecule has 0 amide bonds. The first kappa shape index (κ1) is 18.2. The first-order valence-corrected chi connectivity index (χ1v) is 11.3. The minimum absolute atomic E-state index is 0.177. The molecule has 28 heavy (non-hydrogen) atoms. The highest BCUT2D eigenvalue weighted by molar-refractivity contribution is 7.99. The first-order chi connectivity index (χ1) is 13.8. The fraction of sp³-hybridized carbons (Fsp3) is 0.571. The molecule has 6 nitrogen and oxygen atoms in total. The summed E-state index contributed by atoms with van der Waals surface area (Å²) in [5.41, 5.74) is 3.61. The SMILES string of the molecule is O=C(CSc1nnc(N2CCOCC2)n1C1CC1)c1ccc2c(c1)CCCC2. The molecular formula is C21H26N4O2S. The van der Waals surface area contributed by atoms with Crippen LogP contribution >= 0.6 is 11.8 Å². The van der Waals surface area contributed by atoms with E-state index in [-0.39, 0.29) is 5.78 Å². The molecule has 3 aliphatic rings. The van der Waals surface area contributed by atoms with Crippen molar-refractivity contribution in [1.82, 2.24) is 14.8 Å². The van der Waals surface area contributed by atoms with Gasteiger partial charge in [0.2, 0.25) is 5.95 Å². The molecule has 1 aromatic heterocycles. The normalized spacial score (nSPS) is 19.5. The molecule has 7 heteroatoms. The number of ether oxygens (including phenoxy) is 1. The molecule has 1 saturated carbocycles. The summed E-state index contributed by atoms with van der Waals surface area (Å²) in [6, 6.07) is 6.74. The van der Waals surface area contributed by atoms with Crippen LogP contribution in [-0.4, -0.2) is 52.6 Å². The number of benzene rings is 1. The lowest BCUT2D eigenvalue weighted by Gasteiger charge is -2.27. The molecule has 0 radical (unpaired) electrons. The molecule has 0 atom stereocenters. The maximum Gasteiger partial charge on any atom is 0.228 e. The largest absolute Gasteiger partial charge is 0.378 e. The van der Waals surface area contributed by atoms with Crippen LogP contribution in [0.5, 0.6) is 0 Å². The van der Waals surface area contributed by atoms with Gasteiger partial charge in [-0.2, -0.15) is 0 Å². The molecule has 0 N–H and O–H groups in total. The van der Waals surface area contributed by atoms with E-state index in [9.17, 15) is 4.79 Å². The lowest BCUT2D eigenvalue weighted by Crippen LogP contribution is -2.38. The van der Waals surface area contributed by atoms with Crippen molar-refractivity contribution in [2.75, 3.05) is 37.0 Å². The molecule has 0 spiro atoms. The van der Waals surface area contributed by atoms with Crippen molar-refractivity contribution in [2.24, 2.45) is 0 Å². The highest BCUT2D eigenvalue weighted by Crippen LogP contribution is 2.41. The number of aromatic nitrogens is 3. The number of carbonyl (C=O) groups is 1. The van der Waals surface area contributed by atoms with E-state index in [1.807, 2.05) is 6.07 Å². The number of fused-ring (bicyclic) bond motifs is 1. The highest BCUT2D eigenvalue weighted by atomic mass is 32.2. The predicted octanol–water partition coefficient (Wildman–Crippen LogP) is 3.30. The van der Waals surface area contributed by atoms with E-state index in [4.69, 9.17) is 4.74 Å². The van der Waals surface area contributed by atoms with Crippen molar-refractivity contribution in [2.45, 2.75) is 49.7 Å². The number of Topliss-reactive ketones (excluding diaryl/α,β-unsaturated/α-hetero) is 1. The van der Waals surface area contributed by atoms with Crippen LogP contribution in [0.1, 0.15) is 53.2 Å². The summed E-state index contributed by atoms with van der Waals surface area (Å²) in [6.07, 6.45) is 7.08. The number of ketones is 1. The Balaban J connectivity index is 1.30. The number of rotatable bonds is 6. The summed E-state index contributed by atoms with van der Waals surface area (Å²) in [4.78, 5) is 15.1. The van der Waals surface area contributed by atoms with Crippen LogP contribution in [0.25, 0.3) is 0 Å². The Bertz CT molecular complexity index is 871. The second-order valence-electron chi connectivity index (χ2n) is 7.89. The molecule has 0 unspecified atom stereocenters. The molecule has 2 heterocycles. The van der Waals surface area contributed by atoms with Crippen molar-refractivity contribution in [3.8, 4) is 0 Å². The Morgan fingerprint density at radius 3 is 2.68 bits per heavy atom. The number of morpholine rings is 1. The van der Waals surface area contributed by atoms with Gasteiger partial charge >= 0.3 is 0 Å². The van der Waals surface area contributed by atoms with Crippen LogP contribution < -0.4 is 4.90 Å². The van der Waals surface area contributed by atoms with Crippen molar-refractivity contribution in [1.29, 1.82) is 0 Å². The van der Waals surface area contributed by atoms with Gasteiger partial charge in [0.15, 0.2) is 10.9 Å². The summed E-state index contributed by atoms with van der Waals surface area (Å²) in [7, 11) is 0. The van der Waals surface area contributed by atoms with Crippen LogP contribution in [0, 0.1) is 0 Å². The molecule has 5 rings (SSSR count). The standard InChI is InChI=1S/C21H26N4O2S/c26-19(17-6-5-15-3-1-2-4-16(15)13-17)14-28-21-23-22-20(25(21)18-7-8-18)24-9-11-27-12-10-24/h5-6,13,18H,1-4,7-12,14H2. The van der Waals surface area contributed by atoms with Crippen LogP contribution in [-0.2, 0) is 17.6 Å². The number of hydrogen-bond donors (Lipinski definition) is 0. The fourth-order valence-electron chi connectivity index (χ4n) is 4.12. The lowest BCUT2D eigenvalue weighted by atomic mass is 9.90. The zero-order valence-electron chi connectivity index (χ0n) is 16.1. The van der Waals surface area contributed by atoms with E-state index in [2.05, 4.69) is 31.8 Å². The Morgan fingerprint density at radius 2 is 1.89 bits per heavy atom. The summed E-state index contributed by atoms with van der Waals surface area (Å²) in [6.45, 7) is 3.17. The minimum Gasteiger partial charge on any atom is -0.378 e. The van der Waals surface area contributed by atoms with Crippen molar-refractivity contribution < 1.29 is 9.53 Å². The molecule has 1 aliphatic heterocycles. The van der Waals surface area contributed by atoms with Gasteiger partial charge in [0, 0.05) is 24.7 Å². The van der Waals surface area contributed by atoms with E-state index in [0.717, 1.165) is 55.8 Å². The van der Waals surface area contributed by atoms with Gasteiger partial charge in [0.05, 0.1) is 19.0 Å². The maximum atomic E-state index is 12.8. The molecule has 2 fully saturated rings. The van der Waals surface area contributed by atoms with Gasteiger partial charge in [-0.05, 0) is 55.7 Å². The predicted molar refractivity (Wildman–Crippen MR) is 109 cm³/mol. The smallest absolute Gasteiger partial charge is 0.228 e. The van der Waals surface area contributed by atoms with E-state index >= 15 is 0 Å². The average molecular weight is 399 g/mol. The summed E-state index contributed by atoms with van der Waals surface area (Å²) < 4.78 is 7.71. The molecule has 148 valence electrons. The third kappa shape index (κ3) is 3.70. The van der Waals surface area contributed by atoms with Gasteiger partial charge in [-0.15, -0.1) is 10.2 Å². The van der Waals surface area contributed by atoms with Gasteiger partial charge in [-0.1, -0.05) is 23.9 Å². The van der Waals surface area contributed by atoms with Crippen LogP contribution in [0.15, 0.2) is 23.4 Å². The topological polar surface area (TPSA) is 60.3 Å². The zero-order valence-corrected chi connectivity index (χ0v) is 16.9. The Morgan fingerprint density at radius 1 is 1.11 bits per heavy atom. The number of carbonyl (C=O) groups excluding carboxylic acids is 1. The first-order valence-electron chi connectivity index (χ1n) is 10.3. The molecule has 2 aliphatic carbocycles. The highest BCUT2D eigenvalue weighted by Gasteiger charge is 2.32. The van der Waals surface area contributed by atoms with Gasteiger partial charge in [-0.25, -0.2) is 0 Å². The van der Waals surface area contributed by atoms with E-state index in [0.29, 0.717) is 11.8 Å². The summed E-state index contributed by atoms with van der Waals surface area (Å²) >= 11 is 1.52. The third-order valence-corrected chi connectivity index (χ3v) is 6.80. The van der Waals surface area contributed by atoms with Crippen molar-refractivity contribution in [3.63, 3.8) is 0 Å². The van der Waals surface area contributed by atoms with Gasteiger partial charge in [0.25, 0.3) is 0 Å². The third-order valence-electron chi connectivity index (χ3n) is 5.86. The number of aryl methyl sites for hydroxylation is 2. The Kier molecular flexibility index (Phi) is 5.11. The number of anilines is 1.